The molecule has 1 fully saturated rings. The third-order valence-electron chi connectivity index (χ3n) is 2.50. The Balaban J connectivity index is 2.11. The number of pyridine rings is 1. The number of aromatic nitrogens is 1. The second-order valence-electron chi connectivity index (χ2n) is 3.86. The zero-order valence-electron chi connectivity index (χ0n) is 8.64. The number of amides is 1. The Morgan fingerprint density at radius 3 is 2.88 bits per heavy atom. The standard InChI is InChI=1S/C11H12N2O3/c14-10(13-6-7-3-4-7)8-2-1-5-12-9(8)11(15)16/h1-2,5,7H,3-4,6H2,(H,13,14)(H,15,16). The zero-order chi connectivity index (χ0) is 11.5. The number of nitrogens with zero attached hydrogens (tertiary/aromatic N) is 1. The van der Waals surface area contributed by atoms with Crippen LogP contribution in [0, 0.1) is 5.92 Å². The van der Waals surface area contributed by atoms with Gasteiger partial charge in [0.05, 0.1) is 5.56 Å². The van der Waals surface area contributed by atoms with Crippen molar-refractivity contribution in [3.8, 4) is 0 Å². The highest BCUT2D eigenvalue weighted by Crippen LogP contribution is 2.27. The summed E-state index contributed by atoms with van der Waals surface area (Å²) in [5.74, 6) is -0.983. The lowest BCUT2D eigenvalue weighted by Gasteiger charge is -2.05. The Kier molecular flexibility index (Phi) is 2.85. The molecule has 2 rings (SSSR count). The van der Waals surface area contributed by atoms with Gasteiger partial charge in [-0.1, -0.05) is 0 Å². The fourth-order valence-electron chi connectivity index (χ4n) is 1.41. The first-order chi connectivity index (χ1) is 7.68. The molecule has 5 heteroatoms. The van der Waals surface area contributed by atoms with Crippen molar-refractivity contribution < 1.29 is 14.7 Å². The number of hydrogen-bond acceptors (Lipinski definition) is 3. The van der Waals surface area contributed by atoms with Crippen LogP contribution in [-0.4, -0.2) is 28.5 Å². The number of aromatic carboxylic acids is 1. The maximum atomic E-state index is 11.7. The molecule has 1 aliphatic carbocycles. The van der Waals surface area contributed by atoms with E-state index in [1.807, 2.05) is 0 Å². The van der Waals surface area contributed by atoms with Crippen LogP contribution in [0.15, 0.2) is 18.3 Å². The summed E-state index contributed by atoms with van der Waals surface area (Å²) in [6.45, 7) is 0.618. The van der Waals surface area contributed by atoms with E-state index in [9.17, 15) is 9.59 Å². The van der Waals surface area contributed by atoms with Crippen molar-refractivity contribution in [2.45, 2.75) is 12.8 Å². The van der Waals surface area contributed by atoms with Crippen LogP contribution in [-0.2, 0) is 0 Å². The molecule has 2 N–H and O–H groups in total. The fourth-order valence-corrected chi connectivity index (χ4v) is 1.41. The van der Waals surface area contributed by atoms with Gasteiger partial charge in [0.1, 0.15) is 0 Å². The van der Waals surface area contributed by atoms with Crippen molar-refractivity contribution in [3.05, 3.63) is 29.6 Å². The van der Waals surface area contributed by atoms with E-state index in [-0.39, 0.29) is 17.2 Å². The average molecular weight is 220 g/mol. The molecule has 0 saturated heterocycles. The summed E-state index contributed by atoms with van der Waals surface area (Å²) in [7, 11) is 0. The molecular weight excluding hydrogens is 208 g/mol. The number of hydrogen-bond donors (Lipinski definition) is 2. The summed E-state index contributed by atoms with van der Waals surface area (Å²) in [4.78, 5) is 26.2. The van der Waals surface area contributed by atoms with Gasteiger partial charge in [0.15, 0.2) is 5.69 Å². The summed E-state index contributed by atoms with van der Waals surface area (Å²) in [5, 5.41) is 11.6. The SMILES string of the molecule is O=C(NCC1CC1)c1cccnc1C(=O)O. The molecule has 1 aromatic rings. The Labute approximate surface area is 92.5 Å². The van der Waals surface area contributed by atoms with E-state index in [1.54, 1.807) is 6.07 Å². The van der Waals surface area contributed by atoms with E-state index >= 15 is 0 Å². The normalized spacial score (nSPS) is 14.5. The minimum atomic E-state index is -1.18. The topological polar surface area (TPSA) is 79.3 Å². The first-order valence-electron chi connectivity index (χ1n) is 5.15. The molecule has 16 heavy (non-hydrogen) atoms. The van der Waals surface area contributed by atoms with Gasteiger partial charge in [-0.05, 0) is 30.9 Å². The van der Waals surface area contributed by atoms with E-state index in [0.717, 1.165) is 12.8 Å². The van der Waals surface area contributed by atoms with Crippen LogP contribution in [0.25, 0.3) is 0 Å². The van der Waals surface area contributed by atoms with Crippen molar-refractivity contribution in [2.24, 2.45) is 5.92 Å². The van der Waals surface area contributed by atoms with E-state index in [4.69, 9.17) is 5.11 Å². The van der Waals surface area contributed by atoms with Gasteiger partial charge in [0.25, 0.3) is 5.91 Å². The summed E-state index contributed by atoms with van der Waals surface area (Å²) in [6, 6.07) is 3.02. The van der Waals surface area contributed by atoms with Crippen LogP contribution in [0.3, 0.4) is 0 Å². The van der Waals surface area contributed by atoms with Crippen molar-refractivity contribution in [3.63, 3.8) is 0 Å². The zero-order valence-corrected chi connectivity index (χ0v) is 8.64. The Morgan fingerprint density at radius 2 is 2.25 bits per heavy atom. The molecule has 1 amide bonds. The molecule has 1 heterocycles. The highest BCUT2D eigenvalue weighted by molar-refractivity contribution is 6.03. The van der Waals surface area contributed by atoms with E-state index in [1.165, 1.54) is 12.3 Å². The molecule has 84 valence electrons. The number of rotatable bonds is 4. The Bertz CT molecular complexity index is 427. The number of carbonyl (C=O) groups excluding carboxylic acids is 1. The van der Waals surface area contributed by atoms with Gasteiger partial charge in [-0.25, -0.2) is 9.78 Å². The second-order valence-corrected chi connectivity index (χ2v) is 3.86. The first-order valence-corrected chi connectivity index (χ1v) is 5.15. The van der Waals surface area contributed by atoms with Gasteiger partial charge in [-0.2, -0.15) is 0 Å². The largest absolute Gasteiger partial charge is 0.476 e. The van der Waals surface area contributed by atoms with Crippen molar-refractivity contribution in [1.82, 2.24) is 10.3 Å². The van der Waals surface area contributed by atoms with Crippen molar-refractivity contribution >= 4 is 11.9 Å². The molecule has 0 aliphatic heterocycles. The van der Waals surface area contributed by atoms with Crippen molar-refractivity contribution in [2.75, 3.05) is 6.54 Å². The highest BCUT2D eigenvalue weighted by Gasteiger charge is 2.23. The maximum Gasteiger partial charge on any atom is 0.355 e. The lowest BCUT2D eigenvalue weighted by Crippen LogP contribution is -2.27. The average Bonchev–Trinajstić information content (AvgIpc) is 3.09. The molecule has 0 radical (unpaired) electrons. The van der Waals surface area contributed by atoms with Gasteiger partial charge in [0.2, 0.25) is 0 Å². The number of carbonyl (C=O) groups is 2. The molecule has 5 nitrogen and oxygen atoms in total. The van der Waals surface area contributed by atoms with E-state index < -0.39 is 5.97 Å². The monoisotopic (exact) mass is 220 g/mol. The number of carboxylic acids is 1. The summed E-state index contributed by atoms with van der Waals surface area (Å²) in [6.07, 6.45) is 3.64. The van der Waals surface area contributed by atoms with Crippen LogP contribution >= 0.6 is 0 Å². The molecule has 0 bridgehead atoms. The molecular formula is C11H12N2O3. The molecule has 1 aliphatic rings. The van der Waals surface area contributed by atoms with Crippen LogP contribution in [0.2, 0.25) is 0 Å². The van der Waals surface area contributed by atoms with Crippen LogP contribution in [0.5, 0.6) is 0 Å². The minimum Gasteiger partial charge on any atom is -0.476 e. The number of nitrogens with one attached hydrogen (secondary N) is 1. The van der Waals surface area contributed by atoms with E-state index in [2.05, 4.69) is 10.3 Å². The summed E-state index contributed by atoms with van der Waals surface area (Å²) < 4.78 is 0. The van der Waals surface area contributed by atoms with Gasteiger partial charge >= 0.3 is 5.97 Å². The van der Waals surface area contributed by atoms with E-state index in [0.29, 0.717) is 12.5 Å². The predicted octanol–water partition coefficient (Wildman–Crippen LogP) is 0.920. The predicted molar refractivity (Wildman–Crippen MR) is 56.3 cm³/mol. The second kappa shape index (κ2) is 4.30. The lowest BCUT2D eigenvalue weighted by atomic mass is 10.2. The molecule has 1 aromatic heterocycles. The summed E-state index contributed by atoms with van der Waals surface area (Å²) >= 11 is 0. The van der Waals surface area contributed by atoms with Crippen LogP contribution in [0.4, 0.5) is 0 Å². The smallest absolute Gasteiger partial charge is 0.355 e. The van der Waals surface area contributed by atoms with Gasteiger partial charge in [0, 0.05) is 12.7 Å². The fraction of sp³-hybridized carbons (Fsp3) is 0.364. The quantitative estimate of drug-likeness (QED) is 0.790. The third kappa shape index (κ3) is 2.36. The Hall–Kier alpha value is -1.91. The molecule has 1 saturated carbocycles. The molecule has 0 spiro atoms. The lowest BCUT2D eigenvalue weighted by molar-refractivity contribution is 0.0684. The van der Waals surface area contributed by atoms with Crippen LogP contribution < -0.4 is 5.32 Å². The highest BCUT2D eigenvalue weighted by atomic mass is 16.4. The van der Waals surface area contributed by atoms with Crippen LogP contribution in [0.1, 0.15) is 33.7 Å². The third-order valence-corrected chi connectivity index (χ3v) is 2.50. The van der Waals surface area contributed by atoms with Gasteiger partial charge in [-0.15, -0.1) is 0 Å². The minimum absolute atomic E-state index is 0.121. The maximum absolute atomic E-state index is 11.7. The first kappa shape index (κ1) is 10.6. The van der Waals surface area contributed by atoms with Crippen molar-refractivity contribution in [1.29, 1.82) is 0 Å². The number of carboxylic acid groups (broad SMARTS) is 1. The summed E-state index contributed by atoms with van der Waals surface area (Å²) in [5.41, 5.74) is -0.0774. The Morgan fingerprint density at radius 1 is 1.50 bits per heavy atom. The van der Waals surface area contributed by atoms with Gasteiger partial charge < -0.3 is 10.4 Å². The molecule has 0 unspecified atom stereocenters. The molecule has 0 aromatic carbocycles. The van der Waals surface area contributed by atoms with Gasteiger partial charge in [-0.3, -0.25) is 4.79 Å². The molecule has 0 atom stereocenters.